The molecule has 3 aromatic rings. The van der Waals surface area contributed by atoms with Gasteiger partial charge in [0.1, 0.15) is 5.82 Å². The molecule has 1 aliphatic rings. The fraction of sp³-hybridized carbons (Fsp3) is 0.263. The molecular formula is C19H18N4O2. The predicted octanol–water partition coefficient (Wildman–Crippen LogP) is 2.77. The van der Waals surface area contributed by atoms with Crippen molar-refractivity contribution in [3.8, 4) is 0 Å². The zero-order valence-electron chi connectivity index (χ0n) is 13.7. The van der Waals surface area contributed by atoms with E-state index in [1.54, 1.807) is 47.3 Å². The summed E-state index contributed by atoms with van der Waals surface area (Å²) in [5, 5.41) is 3.37. The van der Waals surface area contributed by atoms with Gasteiger partial charge in [-0.2, -0.15) is 0 Å². The fourth-order valence-electron chi connectivity index (χ4n) is 3.20. The Morgan fingerprint density at radius 2 is 1.92 bits per heavy atom. The van der Waals surface area contributed by atoms with Crippen molar-refractivity contribution in [3.63, 3.8) is 0 Å². The Morgan fingerprint density at radius 3 is 2.76 bits per heavy atom. The normalized spacial score (nSPS) is 13.9. The number of carbonyl (C=O) groups excluding carboxylic acids is 1. The number of nitrogens with zero attached hydrogens (tertiary/aromatic N) is 3. The van der Waals surface area contributed by atoms with E-state index in [0.29, 0.717) is 28.7 Å². The molecule has 6 nitrogen and oxygen atoms in total. The van der Waals surface area contributed by atoms with Gasteiger partial charge in [0.2, 0.25) is 0 Å². The van der Waals surface area contributed by atoms with Gasteiger partial charge in [-0.3, -0.25) is 19.1 Å². The zero-order chi connectivity index (χ0) is 17.2. The van der Waals surface area contributed by atoms with E-state index in [9.17, 15) is 9.59 Å². The molecule has 1 aromatic carbocycles. The number of nitrogens with one attached hydrogen (secondary N) is 1. The van der Waals surface area contributed by atoms with Crippen LogP contribution in [0.25, 0.3) is 10.9 Å². The van der Waals surface area contributed by atoms with Crippen LogP contribution in [0, 0.1) is 0 Å². The number of hydrogen-bond acceptors (Lipinski definition) is 4. The molecule has 0 unspecified atom stereocenters. The van der Waals surface area contributed by atoms with Crippen molar-refractivity contribution in [1.29, 1.82) is 0 Å². The Bertz CT molecular complexity index is 995. The maximum absolute atomic E-state index is 12.8. The van der Waals surface area contributed by atoms with E-state index < -0.39 is 0 Å². The van der Waals surface area contributed by atoms with Crippen molar-refractivity contribution < 1.29 is 4.79 Å². The molecule has 0 saturated heterocycles. The smallest absolute Gasteiger partial charge is 0.261 e. The highest BCUT2D eigenvalue weighted by Crippen LogP contribution is 2.19. The number of carbonyl (C=O) groups is 1. The molecule has 25 heavy (non-hydrogen) atoms. The summed E-state index contributed by atoms with van der Waals surface area (Å²) in [7, 11) is 0. The molecule has 0 bridgehead atoms. The van der Waals surface area contributed by atoms with Gasteiger partial charge in [-0.1, -0.05) is 6.42 Å². The summed E-state index contributed by atoms with van der Waals surface area (Å²) in [4.78, 5) is 33.7. The number of anilines is 1. The average Bonchev–Trinajstić information content (AvgIpc) is 2.89. The van der Waals surface area contributed by atoms with Crippen LogP contribution >= 0.6 is 0 Å². The third-order valence-electron chi connectivity index (χ3n) is 4.52. The summed E-state index contributed by atoms with van der Waals surface area (Å²) in [6.07, 6.45) is 7.16. The molecule has 0 aliphatic carbocycles. The molecule has 1 aliphatic heterocycles. The molecule has 0 saturated carbocycles. The highest BCUT2D eigenvalue weighted by Gasteiger charge is 2.14. The quantitative estimate of drug-likeness (QED) is 0.782. The summed E-state index contributed by atoms with van der Waals surface area (Å²) >= 11 is 0. The standard InChI is InChI=1S/C19H18N4O2/c24-18(13-7-9-20-10-8-13)21-14-5-6-16-15(12-14)19(25)23-11-3-1-2-4-17(23)22-16/h5-10,12H,1-4,11H2,(H,21,24). The Hall–Kier alpha value is -3.02. The van der Waals surface area contributed by atoms with Gasteiger partial charge in [-0.05, 0) is 43.2 Å². The predicted molar refractivity (Wildman–Crippen MR) is 95.7 cm³/mol. The highest BCUT2D eigenvalue weighted by molar-refractivity contribution is 6.04. The van der Waals surface area contributed by atoms with E-state index in [0.717, 1.165) is 31.5 Å². The minimum atomic E-state index is -0.232. The van der Waals surface area contributed by atoms with Gasteiger partial charge in [0.25, 0.3) is 11.5 Å². The number of benzene rings is 1. The SMILES string of the molecule is O=C(Nc1ccc2nc3n(c(=O)c2c1)CCCCC3)c1ccncc1. The van der Waals surface area contributed by atoms with Crippen molar-refractivity contribution in [3.05, 3.63) is 64.5 Å². The van der Waals surface area contributed by atoms with Crippen LogP contribution in [0.15, 0.2) is 47.5 Å². The zero-order valence-corrected chi connectivity index (χ0v) is 13.7. The Kier molecular flexibility index (Phi) is 4.01. The van der Waals surface area contributed by atoms with Gasteiger partial charge in [0.05, 0.1) is 10.9 Å². The molecular weight excluding hydrogens is 316 g/mol. The number of hydrogen-bond donors (Lipinski definition) is 1. The molecule has 1 amide bonds. The van der Waals surface area contributed by atoms with E-state index in [1.807, 2.05) is 0 Å². The minimum absolute atomic E-state index is 0.0260. The summed E-state index contributed by atoms with van der Waals surface area (Å²) < 4.78 is 1.78. The molecule has 6 heteroatoms. The van der Waals surface area contributed by atoms with Gasteiger partial charge >= 0.3 is 0 Å². The molecule has 4 rings (SSSR count). The van der Waals surface area contributed by atoms with Gasteiger partial charge in [0, 0.05) is 36.6 Å². The largest absolute Gasteiger partial charge is 0.322 e. The van der Waals surface area contributed by atoms with Crippen molar-refractivity contribution in [1.82, 2.24) is 14.5 Å². The van der Waals surface area contributed by atoms with Crippen LogP contribution in [0.3, 0.4) is 0 Å². The first kappa shape index (κ1) is 15.5. The Balaban J connectivity index is 1.71. The number of pyridine rings is 1. The van der Waals surface area contributed by atoms with E-state index in [2.05, 4.69) is 15.3 Å². The van der Waals surface area contributed by atoms with Crippen LogP contribution in [-0.2, 0) is 13.0 Å². The number of fused-ring (bicyclic) bond motifs is 2. The van der Waals surface area contributed by atoms with Crippen molar-refractivity contribution in [2.75, 3.05) is 5.32 Å². The highest BCUT2D eigenvalue weighted by atomic mass is 16.1. The lowest BCUT2D eigenvalue weighted by Gasteiger charge is -2.11. The monoisotopic (exact) mass is 334 g/mol. The molecule has 2 aromatic heterocycles. The molecule has 126 valence electrons. The lowest BCUT2D eigenvalue weighted by atomic mass is 10.2. The average molecular weight is 334 g/mol. The van der Waals surface area contributed by atoms with Crippen molar-refractivity contribution in [2.24, 2.45) is 0 Å². The third kappa shape index (κ3) is 3.03. The maximum Gasteiger partial charge on any atom is 0.261 e. The second-order valence-corrected chi connectivity index (χ2v) is 6.22. The van der Waals surface area contributed by atoms with Crippen LogP contribution < -0.4 is 10.9 Å². The number of rotatable bonds is 2. The van der Waals surface area contributed by atoms with E-state index in [-0.39, 0.29) is 11.5 Å². The van der Waals surface area contributed by atoms with Crippen molar-refractivity contribution >= 4 is 22.5 Å². The van der Waals surface area contributed by atoms with Gasteiger partial charge in [-0.15, -0.1) is 0 Å². The first-order chi connectivity index (χ1) is 12.2. The topological polar surface area (TPSA) is 76.9 Å². The van der Waals surface area contributed by atoms with E-state index >= 15 is 0 Å². The lowest BCUT2D eigenvalue weighted by molar-refractivity contribution is 0.102. The lowest BCUT2D eigenvalue weighted by Crippen LogP contribution is -2.24. The molecule has 1 N–H and O–H groups in total. The Morgan fingerprint density at radius 1 is 1.08 bits per heavy atom. The Labute approximate surface area is 144 Å². The second-order valence-electron chi connectivity index (χ2n) is 6.22. The fourth-order valence-corrected chi connectivity index (χ4v) is 3.20. The van der Waals surface area contributed by atoms with Gasteiger partial charge in [-0.25, -0.2) is 4.98 Å². The molecule has 0 radical (unpaired) electrons. The van der Waals surface area contributed by atoms with Gasteiger partial charge in [0.15, 0.2) is 0 Å². The number of aromatic nitrogens is 3. The van der Waals surface area contributed by atoms with Crippen LogP contribution in [0.1, 0.15) is 35.4 Å². The summed E-state index contributed by atoms with van der Waals surface area (Å²) in [5.41, 5.74) is 1.76. The summed E-state index contributed by atoms with van der Waals surface area (Å²) in [5.74, 6) is 0.633. The van der Waals surface area contributed by atoms with E-state index in [1.165, 1.54) is 0 Å². The van der Waals surface area contributed by atoms with E-state index in [4.69, 9.17) is 0 Å². The molecule has 0 atom stereocenters. The van der Waals surface area contributed by atoms with Crippen molar-refractivity contribution in [2.45, 2.75) is 32.2 Å². The van der Waals surface area contributed by atoms with Gasteiger partial charge < -0.3 is 5.32 Å². The molecule has 0 fully saturated rings. The van der Waals surface area contributed by atoms with Crippen LogP contribution in [0.5, 0.6) is 0 Å². The second kappa shape index (κ2) is 6.47. The first-order valence-electron chi connectivity index (χ1n) is 8.47. The summed E-state index contributed by atoms with van der Waals surface area (Å²) in [6.45, 7) is 0.713. The van der Waals surface area contributed by atoms with Crippen LogP contribution in [0.2, 0.25) is 0 Å². The molecule has 3 heterocycles. The number of amides is 1. The van der Waals surface area contributed by atoms with Crippen LogP contribution in [0.4, 0.5) is 5.69 Å². The summed E-state index contributed by atoms with van der Waals surface area (Å²) in [6, 6.07) is 8.58. The number of aryl methyl sites for hydroxylation is 1. The first-order valence-corrected chi connectivity index (χ1v) is 8.47. The minimum Gasteiger partial charge on any atom is -0.322 e. The maximum atomic E-state index is 12.8. The van der Waals surface area contributed by atoms with Crippen LogP contribution in [-0.4, -0.2) is 20.4 Å². The molecule has 0 spiro atoms. The third-order valence-corrected chi connectivity index (χ3v) is 4.52.